The van der Waals surface area contributed by atoms with Crippen LogP contribution in [-0.2, 0) is 0 Å². The monoisotopic (exact) mass is 305 g/mol. The maximum atomic E-state index is 11.1. The third-order valence-corrected chi connectivity index (χ3v) is 4.03. The molecule has 3 rings (SSSR count). The number of aromatic carboxylic acids is 1. The van der Waals surface area contributed by atoms with Crippen LogP contribution in [0.25, 0.3) is 6.08 Å². The third kappa shape index (κ3) is 2.69. The summed E-state index contributed by atoms with van der Waals surface area (Å²) in [6.07, 6.45) is 3.93. The fourth-order valence-electron chi connectivity index (χ4n) is 2.82. The van der Waals surface area contributed by atoms with Crippen LogP contribution in [0.4, 0.5) is 0 Å². The molecule has 1 aliphatic rings. The van der Waals surface area contributed by atoms with Crippen LogP contribution in [0.5, 0.6) is 5.75 Å². The van der Waals surface area contributed by atoms with Gasteiger partial charge in [0.15, 0.2) is 0 Å². The van der Waals surface area contributed by atoms with Crippen molar-refractivity contribution in [3.05, 3.63) is 71.3 Å². The molecule has 0 radical (unpaired) electrons. The van der Waals surface area contributed by atoms with Crippen molar-refractivity contribution in [3.8, 4) is 11.8 Å². The van der Waals surface area contributed by atoms with Crippen molar-refractivity contribution in [1.29, 1.82) is 5.26 Å². The van der Waals surface area contributed by atoms with Crippen molar-refractivity contribution in [2.24, 2.45) is 0 Å². The average Bonchev–Trinajstić information content (AvgIpc) is 2.99. The molecule has 2 aromatic carbocycles. The highest BCUT2D eigenvalue weighted by Crippen LogP contribution is 2.40. The third-order valence-electron chi connectivity index (χ3n) is 4.03. The van der Waals surface area contributed by atoms with Gasteiger partial charge in [0, 0.05) is 0 Å². The van der Waals surface area contributed by atoms with E-state index < -0.39 is 11.6 Å². The minimum atomic E-state index is -1.12. The molecule has 4 heteroatoms. The van der Waals surface area contributed by atoms with Gasteiger partial charge < -0.3 is 9.84 Å². The van der Waals surface area contributed by atoms with E-state index in [0.717, 1.165) is 11.1 Å². The largest absolute Gasteiger partial charge is 0.478 e. The van der Waals surface area contributed by atoms with Gasteiger partial charge in [-0.1, -0.05) is 42.5 Å². The maximum absolute atomic E-state index is 11.1. The Morgan fingerprint density at radius 2 is 2.04 bits per heavy atom. The Balaban J connectivity index is 1.94. The van der Waals surface area contributed by atoms with Crippen LogP contribution in [0, 0.1) is 11.3 Å². The zero-order chi connectivity index (χ0) is 16.4. The summed E-state index contributed by atoms with van der Waals surface area (Å²) in [5, 5.41) is 18.8. The second-order valence-electron chi connectivity index (χ2n) is 5.62. The van der Waals surface area contributed by atoms with E-state index in [0.29, 0.717) is 5.75 Å². The number of hydrogen-bond donors (Lipinski definition) is 1. The Labute approximate surface area is 134 Å². The highest BCUT2D eigenvalue weighted by Gasteiger charge is 2.39. The van der Waals surface area contributed by atoms with E-state index in [2.05, 4.69) is 6.07 Å². The van der Waals surface area contributed by atoms with Crippen LogP contribution in [-0.4, -0.2) is 16.7 Å². The van der Waals surface area contributed by atoms with Gasteiger partial charge in [0.05, 0.1) is 11.5 Å². The molecule has 0 aliphatic heterocycles. The fraction of sp³-hybridized carbons (Fsp3) is 0.158. The maximum Gasteiger partial charge on any atom is 0.335 e. The number of fused-ring (bicyclic) bond motifs is 1. The summed E-state index contributed by atoms with van der Waals surface area (Å²) < 4.78 is 5.91. The minimum Gasteiger partial charge on any atom is -0.478 e. The molecule has 0 bridgehead atoms. The molecule has 23 heavy (non-hydrogen) atoms. The van der Waals surface area contributed by atoms with Crippen LogP contribution >= 0.6 is 0 Å². The van der Waals surface area contributed by atoms with Gasteiger partial charge in [-0.3, -0.25) is 0 Å². The van der Waals surface area contributed by atoms with Crippen molar-refractivity contribution in [2.45, 2.75) is 18.4 Å². The van der Waals surface area contributed by atoms with E-state index in [1.807, 2.05) is 36.4 Å². The van der Waals surface area contributed by atoms with Gasteiger partial charge in [-0.25, -0.2) is 4.79 Å². The molecule has 0 spiro atoms. The minimum absolute atomic E-state index is 0.130. The van der Waals surface area contributed by atoms with Crippen LogP contribution < -0.4 is 4.74 Å². The summed E-state index contributed by atoms with van der Waals surface area (Å²) in [5.41, 5.74) is 1.11. The lowest BCUT2D eigenvalue weighted by Crippen LogP contribution is -2.36. The van der Waals surface area contributed by atoms with Crippen molar-refractivity contribution in [1.82, 2.24) is 0 Å². The zero-order valence-electron chi connectivity index (χ0n) is 12.6. The highest BCUT2D eigenvalue weighted by molar-refractivity contribution is 5.88. The number of nitriles is 1. The lowest BCUT2D eigenvalue weighted by atomic mass is 9.85. The van der Waals surface area contributed by atoms with Gasteiger partial charge in [-0.2, -0.15) is 5.26 Å². The smallest absolute Gasteiger partial charge is 0.335 e. The molecule has 0 fully saturated rings. The average molecular weight is 305 g/mol. The molecular weight excluding hydrogens is 290 g/mol. The number of hydrogen-bond acceptors (Lipinski definition) is 3. The Morgan fingerprint density at radius 3 is 2.78 bits per heavy atom. The zero-order valence-corrected chi connectivity index (χ0v) is 12.6. The first-order chi connectivity index (χ1) is 11.0. The number of benzene rings is 2. The summed E-state index contributed by atoms with van der Waals surface area (Å²) in [5.74, 6) is -0.871. The fourth-order valence-corrected chi connectivity index (χ4v) is 2.82. The molecule has 2 aromatic rings. The van der Waals surface area contributed by atoms with E-state index in [9.17, 15) is 10.1 Å². The quantitative estimate of drug-likeness (QED) is 0.931. The predicted molar refractivity (Wildman–Crippen MR) is 86.3 cm³/mol. The number of carbonyl (C=O) groups is 1. The van der Waals surface area contributed by atoms with E-state index in [-0.39, 0.29) is 11.5 Å². The number of carboxylic acids is 1. The second kappa shape index (κ2) is 5.62. The van der Waals surface area contributed by atoms with Gasteiger partial charge in [-0.05, 0) is 36.2 Å². The molecule has 0 amide bonds. The molecule has 1 N–H and O–H groups in total. The molecule has 0 aromatic heterocycles. The Bertz CT molecular complexity index is 835. The predicted octanol–water partition coefficient (Wildman–Crippen LogP) is 3.86. The summed E-state index contributed by atoms with van der Waals surface area (Å²) in [6, 6.07) is 16.3. The van der Waals surface area contributed by atoms with E-state index in [4.69, 9.17) is 9.84 Å². The van der Waals surface area contributed by atoms with Gasteiger partial charge >= 0.3 is 5.97 Å². The normalized spacial score (nSPS) is 17.8. The number of rotatable bonds is 4. The molecular formula is C19H15NO3. The second-order valence-corrected chi connectivity index (χ2v) is 5.62. The van der Waals surface area contributed by atoms with Crippen molar-refractivity contribution >= 4 is 12.0 Å². The summed E-state index contributed by atoms with van der Waals surface area (Å²) in [7, 11) is 0. The van der Waals surface area contributed by atoms with Crippen molar-refractivity contribution < 1.29 is 14.6 Å². The molecule has 1 aliphatic carbocycles. The summed E-state index contributed by atoms with van der Waals surface area (Å²) in [4.78, 5) is 11.1. The van der Waals surface area contributed by atoms with E-state index in [1.165, 1.54) is 12.1 Å². The molecule has 0 saturated heterocycles. The van der Waals surface area contributed by atoms with Gasteiger partial charge in [-0.15, -0.1) is 0 Å². The summed E-state index contributed by atoms with van der Waals surface area (Å²) >= 11 is 0. The number of ether oxygens (including phenoxy) is 1. The van der Waals surface area contributed by atoms with Crippen molar-refractivity contribution in [3.63, 3.8) is 0 Å². The van der Waals surface area contributed by atoms with Crippen LogP contribution in [0.15, 0.2) is 54.6 Å². The molecule has 114 valence electrons. The highest BCUT2D eigenvalue weighted by atomic mass is 16.5. The van der Waals surface area contributed by atoms with E-state index in [1.54, 1.807) is 19.1 Å². The molecule has 0 heterocycles. The Kier molecular flexibility index (Phi) is 3.63. The number of nitrogens with zero attached hydrogens (tertiary/aromatic N) is 1. The SMILES string of the molecule is CC(C#N)(Oc1cccc(C(=O)O)c1)C1C=Cc2ccccc21. The Hall–Kier alpha value is -3.06. The van der Waals surface area contributed by atoms with Gasteiger partial charge in [0.1, 0.15) is 11.8 Å². The first-order valence-corrected chi connectivity index (χ1v) is 7.24. The lowest BCUT2D eigenvalue weighted by molar-refractivity contribution is 0.0695. The van der Waals surface area contributed by atoms with Gasteiger partial charge in [0.25, 0.3) is 0 Å². The van der Waals surface area contributed by atoms with Crippen LogP contribution in [0.2, 0.25) is 0 Å². The van der Waals surface area contributed by atoms with Gasteiger partial charge in [0.2, 0.25) is 5.60 Å². The molecule has 2 unspecified atom stereocenters. The van der Waals surface area contributed by atoms with E-state index >= 15 is 0 Å². The molecule has 2 atom stereocenters. The lowest BCUT2D eigenvalue weighted by Gasteiger charge is -2.29. The topological polar surface area (TPSA) is 70.3 Å². The summed E-state index contributed by atoms with van der Waals surface area (Å²) in [6.45, 7) is 1.72. The van der Waals surface area contributed by atoms with Crippen LogP contribution in [0.1, 0.15) is 34.3 Å². The van der Waals surface area contributed by atoms with Crippen molar-refractivity contribution in [2.75, 3.05) is 0 Å². The standard InChI is InChI=1S/C19H15NO3/c1-19(12-20,17-10-9-13-5-2-3-8-16(13)17)23-15-7-4-6-14(11-15)18(21)22/h2-11,17H,1H3,(H,21,22). The first kappa shape index (κ1) is 14.9. The van der Waals surface area contributed by atoms with Crippen LogP contribution in [0.3, 0.4) is 0 Å². The first-order valence-electron chi connectivity index (χ1n) is 7.24. The molecule has 0 saturated carbocycles. The number of carboxylic acid groups (broad SMARTS) is 1. The Morgan fingerprint density at radius 1 is 1.26 bits per heavy atom. The molecule has 4 nitrogen and oxygen atoms in total.